The van der Waals surface area contributed by atoms with E-state index in [0.29, 0.717) is 23.9 Å². The number of carbonyl (C=O) groups is 1. The summed E-state index contributed by atoms with van der Waals surface area (Å²) in [5.74, 6) is 0.829. The molecule has 0 spiro atoms. The van der Waals surface area contributed by atoms with Crippen LogP contribution in [0.4, 0.5) is 0 Å². The number of rotatable bonds is 6. The Bertz CT molecular complexity index is 492. The zero-order valence-electron chi connectivity index (χ0n) is 11.7. The SMILES string of the molecule is CCCn1c(SCCC(=O)N2CCNCC2)n[nH]c1=O. The summed E-state index contributed by atoms with van der Waals surface area (Å²) in [5, 5.41) is 10.3. The Morgan fingerprint density at radius 1 is 1.40 bits per heavy atom. The topological polar surface area (TPSA) is 83.0 Å². The molecule has 2 heterocycles. The Morgan fingerprint density at radius 2 is 2.15 bits per heavy atom. The molecule has 0 aromatic carbocycles. The van der Waals surface area contributed by atoms with Crippen molar-refractivity contribution in [3.63, 3.8) is 0 Å². The third-order valence-electron chi connectivity index (χ3n) is 3.19. The summed E-state index contributed by atoms with van der Waals surface area (Å²) in [6.45, 7) is 5.98. The first-order chi connectivity index (χ1) is 9.72. The summed E-state index contributed by atoms with van der Waals surface area (Å²) < 4.78 is 1.62. The summed E-state index contributed by atoms with van der Waals surface area (Å²) >= 11 is 1.46. The van der Waals surface area contributed by atoms with Gasteiger partial charge in [-0.25, -0.2) is 9.89 Å². The smallest absolute Gasteiger partial charge is 0.340 e. The van der Waals surface area contributed by atoms with Crippen LogP contribution >= 0.6 is 11.8 Å². The Labute approximate surface area is 122 Å². The third-order valence-corrected chi connectivity index (χ3v) is 4.17. The van der Waals surface area contributed by atoms with E-state index in [9.17, 15) is 9.59 Å². The van der Waals surface area contributed by atoms with Gasteiger partial charge in [0, 0.05) is 44.9 Å². The average molecular weight is 299 g/mol. The highest BCUT2D eigenvalue weighted by atomic mass is 32.2. The fourth-order valence-electron chi connectivity index (χ4n) is 2.14. The summed E-state index contributed by atoms with van der Waals surface area (Å²) in [5.41, 5.74) is -0.178. The van der Waals surface area contributed by atoms with Crippen molar-refractivity contribution in [1.82, 2.24) is 25.0 Å². The van der Waals surface area contributed by atoms with Gasteiger partial charge in [-0.3, -0.25) is 9.36 Å². The van der Waals surface area contributed by atoms with Crippen LogP contribution in [-0.4, -0.2) is 57.5 Å². The number of aromatic amines is 1. The minimum atomic E-state index is -0.178. The normalized spacial score (nSPS) is 15.6. The van der Waals surface area contributed by atoms with Gasteiger partial charge in [0.2, 0.25) is 5.91 Å². The van der Waals surface area contributed by atoms with E-state index in [1.54, 1.807) is 4.57 Å². The molecule has 0 bridgehead atoms. The molecule has 0 saturated carbocycles. The van der Waals surface area contributed by atoms with Crippen molar-refractivity contribution in [2.45, 2.75) is 31.5 Å². The molecule has 7 nitrogen and oxygen atoms in total. The highest BCUT2D eigenvalue weighted by Crippen LogP contribution is 2.15. The van der Waals surface area contributed by atoms with Crippen molar-refractivity contribution in [2.24, 2.45) is 0 Å². The van der Waals surface area contributed by atoms with Crippen LogP contribution in [0.1, 0.15) is 19.8 Å². The Kier molecular flexibility index (Phi) is 5.66. The molecule has 0 atom stereocenters. The van der Waals surface area contributed by atoms with Crippen LogP contribution < -0.4 is 11.0 Å². The highest BCUT2D eigenvalue weighted by molar-refractivity contribution is 7.99. The van der Waals surface area contributed by atoms with Gasteiger partial charge < -0.3 is 10.2 Å². The van der Waals surface area contributed by atoms with Crippen molar-refractivity contribution in [3.8, 4) is 0 Å². The lowest BCUT2D eigenvalue weighted by molar-refractivity contribution is -0.131. The van der Waals surface area contributed by atoms with Gasteiger partial charge in [0.25, 0.3) is 0 Å². The molecule has 1 saturated heterocycles. The minimum Gasteiger partial charge on any atom is -0.340 e. The second kappa shape index (κ2) is 7.49. The number of piperazine rings is 1. The number of hydrogen-bond acceptors (Lipinski definition) is 5. The number of nitrogens with one attached hydrogen (secondary N) is 2. The molecule has 1 aliphatic rings. The van der Waals surface area contributed by atoms with E-state index in [1.807, 2.05) is 11.8 Å². The van der Waals surface area contributed by atoms with E-state index in [0.717, 1.165) is 32.6 Å². The molecule has 2 N–H and O–H groups in total. The van der Waals surface area contributed by atoms with Crippen molar-refractivity contribution < 1.29 is 4.79 Å². The van der Waals surface area contributed by atoms with Gasteiger partial charge in [0.15, 0.2) is 5.16 Å². The van der Waals surface area contributed by atoms with Crippen LogP contribution in [0, 0.1) is 0 Å². The molecule has 1 amide bonds. The zero-order chi connectivity index (χ0) is 14.4. The predicted octanol–water partition coefficient (Wildman–Crippen LogP) is -0.105. The summed E-state index contributed by atoms with van der Waals surface area (Å²) in [4.78, 5) is 25.4. The molecule has 0 radical (unpaired) electrons. The fourth-order valence-corrected chi connectivity index (χ4v) is 3.04. The van der Waals surface area contributed by atoms with Crippen LogP contribution in [-0.2, 0) is 11.3 Å². The number of aromatic nitrogens is 3. The van der Waals surface area contributed by atoms with E-state index in [1.165, 1.54) is 11.8 Å². The minimum absolute atomic E-state index is 0.178. The lowest BCUT2D eigenvalue weighted by atomic mass is 10.3. The summed E-state index contributed by atoms with van der Waals surface area (Å²) in [6.07, 6.45) is 1.37. The van der Waals surface area contributed by atoms with Crippen LogP contribution in [0.2, 0.25) is 0 Å². The standard InChI is InChI=1S/C12H21N5O2S/c1-2-6-17-11(19)14-15-12(17)20-9-3-10(18)16-7-4-13-5-8-16/h13H,2-9H2,1H3,(H,14,19). The summed E-state index contributed by atoms with van der Waals surface area (Å²) in [7, 11) is 0. The fraction of sp³-hybridized carbons (Fsp3) is 0.750. The molecule has 1 aliphatic heterocycles. The number of carbonyl (C=O) groups excluding carboxylic acids is 1. The number of nitrogens with zero attached hydrogens (tertiary/aromatic N) is 3. The molecule has 112 valence electrons. The van der Waals surface area contributed by atoms with Gasteiger partial charge in [-0.1, -0.05) is 18.7 Å². The maximum absolute atomic E-state index is 12.0. The molecule has 20 heavy (non-hydrogen) atoms. The number of thioether (sulfide) groups is 1. The highest BCUT2D eigenvalue weighted by Gasteiger charge is 2.16. The van der Waals surface area contributed by atoms with Gasteiger partial charge in [0.1, 0.15) is 0 Å². The zero-order valence-corrected chi connectivity index (χ0v) is 12.5. The third kappa shape index (κ3) is 3.86. The van der Waals surface area contributed by atoms with Crippen LogP contribution in [0.25, 0.3) is 0 Å². The van der Waals surface area contributed by atoms with E-state index < -0.39 is 0 Å². The van der Waals surface area contributed by atoms with E-state index >= 15 is 0 Å². The van der Waals surface area contributed by atoms with Gasteiger partial charge in [-0.05, 0) is 6.42 Å². The first-order valence-corrected chi connectivity index (χ1v) is 7.97. The van der Waals surface area contributed by atoms with Gasteiger partial charge in [-0.15, -0.1) is 5.10 Å². The van der Waals surface area contributed by atoms with Crippen LogP contribution in [0.3, 0.4) is 0 Å². The largest absolute Gasteiger partial charge is 0.343 e. The number of H-pyrrole nitrogens is 1. The molecule has 1 aromatic heterocycles. The van der Waals surface area contributed by atoms with Crippen molar-refractivity contribution in [1.29, 1.82) is 0 Å². The van der Waals surface area contributed by atoms with Gasteiger partial charge in [-0.2, -0.15) is 0 Å². The maximum atomic E-state index is 12.0. The molecule has 8 heteroatoms. The Hall–Kier alpha value is -1.28. The molecule has 2 rings (SSSR count). The first-order valence-electron chi connectivity index (χ1n) is 6.99. The predicted molar refractivity (Wildman–Crippen MR) is 77.9 cm³/mol. The van der Waals surface area contributed by atoms with Gasteiger partial charge >= 0.3 is 5.69 Å². The Morgan fingerprint density at radius 3 is 2.85 bits per heavy atom. The average Bonchev–Trinajstić information content (AvgIpc) is 2.82. The Balaban J connectivity index is 1.80. The molecule has 1 fully saturated rings. The molecule has 1 aromatic rings. The van der Waals surface area contributed by atoms with E-state index in [2.05, 4.69) is 15.5 Å². The van der Waals surface area contributed by atoms with Crippen molar-refractivity contribution in [2.75, 3.05) is 31.9 Å². The van der Waals surface area contributed by atoms with Gasteiger partial charge in [0.05, 0.1) is 0 Å². The number of hydrogen-bond donors (Lipinski definition) is 2. The molecule has 0 unspecified atom stereocenters. The lowest BCUT2D eigenvalue weighted by Crippen LogP contribution is -2.46. The van der Waals surface area contributed by atoms with Crippen LogP contribution in [0.15, 0.2) is 9.95 Å². The first kappa shape index (κ1) is 15.1. The summed E-state index contributed by atoms with van der Waals surface area (Å²) in [6, 6.07) is 0. The van der Waals surface area contributed by atoms with Crippen molar-refractivity contribution in [3.05, 3.63) is 10.5 Å². The monoisotopic (exact) mass is 299 g/mol. The molecular formula is C12H21N5O2S. The molecule has 0 aliphatic carbocycles. The molecular weight excluding hydrogens is 278 g/mol. The maximum Gasteiger partial charge on any atom is 0.343 e. The second-order valence-corrected chi connectivity index (χ2v) is 5.75. The van der Waals surface area contributed by atoms with Crippen LogP contribution in [0.5, 0.6) is 0 Å². The number of amides is 1. The quantitative estimate of drug-likeness (QED) is 0.717. The van der Waals surface area contributed by atoms with Crippen molar-refractivity contribution >= 4 is 17.7 Å². The van der Waals surface area contributed by atoms with E-state index in [4.69, 9.17) is 0 Å². The second-order valence-electron chi connectivity index (χ2n) is 4.69. The lowest BCUT2D eigenvalue weighted by Gasteiger charge is -2.27. The van der Waals surface area contributed by atoms with E-state index in [-0.39, 0.29) is 11.6 Å².